The topological polar surface area (TPSA) is 86.7 Å². The van der Waals surface area contributed by atoms with Gasteiger partial charge in [0.25, 0.3) is 5.91 Å². The number of aryl methyl sites for hydroxylation is 1. The van der Waals surface area contributed by atoms with Gasteiger partial charge in [-0.3, -0.25) is 14.5 Å². The zero-order chi connectivity index (χ0) is 15.9. The summed E-state index contributed by atoms with van der Waals surface area (Å²) in [4.78, 5) is 36.1. The molecule has 3 rings (SSSR count). The summed E-state index contributed by atoms with van der Waals surface area (Å²) in [6.45, 7) is 0. The normalized spacial score (nSPS) is 27.0. The molecular formula is C15H15ClN2O4. The van der Waals surface area contributed by atoms with Gasteiger partial charge in [0.2, 0.25) is 0 Å². The second-order valence-electron chi connectivity index (χ2n) is 5.59. The summed E-state index contributed by atoms with van der Waals surface area (Å²) in [6.07, 6.45) is 1.35. The highest BCUT2D eigenvalue weighted by Gasteiger charge is 2.54. The van der Waals surface area contributed by atoms with Gasteiger partial charge in [0.1, 0.15) is 6.04 Å². The van der Waals surface area contributed by atoms with Crippen molar-refractivity contribution < 1.29 is 19.5 Å². The van der Waals surface area contributed by atoms with Crippen LogP contribution in [0, 0.1) is 5.92 Å². The highest BCUT2D eigenvalue weighted by molar-refractivity contribution is 6.31. The Labute approximate surface area is 132 Å². The zero-order valence-corrected chi connectivity index (χ0v) is 12.4. The van der Waals surface area contributed by atoms with Gasteiger partial charge in [-0.05, 0) is 30.9 Å². The van der Waals surface area contributed by atoms with Crippen LogP contribution >= 0.6 is 11.6 Å². The molecule has 1 aliphatic carbocycles. The molecule has 1 aromatic carbocycles. The van der Waals surface area contributed by atoms with E-state index in [0.717, 1.165) is 10.5 Å². The summed E-state index contributed by atoms with van der Waals surface area (Å²) in [6, 6.07) is 5.74. The lowest BCUT2D eigenvalue weighted by Crippen LogP contribution is -2.35. The fourth-order valence-electron chi connectivity index (χ4n) is 2.79. The maximum absolute atomic E-state index is 12.3. The predicted molar refractivity (Wildman–Crippen MR) is 78.5 cm³/mol. The number of imide groups is 1. The Morgan fingerprint density at radius 1 is 1.36 bits per heavy atom. The van der Waals surface area contributed by atoms with Crippen LogP contribution in [0.1, 0.15) is 18.4 Å². The number of amides is 3. The van der Waals surface area contributed by atoms with Crippen molar-refractivity contribution in [3.05, 3.63) is 34.9 Å². The second-order valence-corrected chi connectivity index (χ2v) is 6.00. The van der Waals surface area contributed by atoms with Gasteiger partial charge in [-0.15, -0.1) is 0 Å². The fourth-order valence-corrected chi connectivity index (χ4v) is 3.02. The van der Waals surface area contributed by atoms with E-state index in [-0.39, 0.29) is 5.91 Å². The standard InChI is InChI=1S/C15H15ClN2O4/c16-10-4-2-1-3-8(10)5-6-11-13(19)18(15(22)17-11)12-7-9(12)14(20)21/h1-4,9,11-12H,5-7H2,(H,17,22)(H,20,21). The molecule has 1 saturated heterocycles. The molecule has 1 saturated carbocycles. The van der Waals surface area contributed by atoms with Crippen molar-refractivity contribution in [3.8, 4) is 0 Å². The molecule has 2 N–H and O–H groups in total. The lowest BCUT2D eigenvalue weighted by Gasteiger charge is -2.12. The third-order valence-electron chi connectivity index (χ3n) is 4.12. The van der Waals surface area contributed by atoms with Gasteiger partial charge in [0.15, 0.2) is 0 Å². The molecule has 3 amide bonds. The highest BCUT2D eigenvalue weighted by atomic mass is 35.5. The summed E-state index contributed by atoms with van der Waals surface area (Å²) in [7, 11) is 0. The molecule has 0 radical (unpaired) electrons. The van der Waals surface area contributed by atoms with Crippen molar-refractivity contribution in [3.63, 3.8) is 0 Å². The lowest BCUT2D eigenvalue weighted by molar-refractivity contribution is -0.139. The van der Waals surface area contributed by atoms with Crippen molar-refractivity contribution in [1.82, 2.24) is 10.2 Å². The number of carbonyl (C=O) groups is 3. The van der Waals surface area contributed by atoms with Gasteiger partial charge in [0, 0.05) is 5.02 Å². The number of carboxylic acids is 1. The van der Waals surface area contributed by atoms with E-state index < -0.39 is 30.0 Å². The van der Waals surface area contributed by atoms with Gasteiger partial charge in [-0.1, -0.05) is 29.8 Å². The first-order chi connectivity index (χ1) is 10.5. The molecule has 2 fully saturated rings. The van der Waals surface area contributed by atoms with Gasteiger partial charge < -0.3 is 10.4 Å². The number of carboxylic acid groups (broad SMARTS) is 1. The molecule has 2 aliphatic rings. The third-order valence-corrected chi connectivity index (χ3v) is 4.49. The van der Waals surface area contributed by atoms with Crippen LogP contribution in [0.5, 0.6) is 0 Å². The number of aliphatic carboxylic acids is 1. The molecule has 22 heavy (non-hydrogen) atoms. The predicted octanol–water partition coefficient (Wildman–Crippen LogP) is 1.67. The van der Waals surface area contributed by atoms with Crippen molar-refractivity contribution in [1.29, 1.82) is 0 Å². The van der Waals surface area contributed by atoms with E-state index in [1.807, 2.05) is 18.2 Å². The molecular weight excluding hydrogens is 308 g/mol. The van der Waals surface area contributed by atoms with Crippen molar-refractivity contribution in [2.75, 3.05) is 0 Å². The average Bonchev–Trinajstić information content (AvgIpc) is 3.20. The quantitative estimate of drug-likeness (QED) is 0.807. The van der Waals surface area contributed by atoms with Crippen molar-refractivity contribution in [2.45, 2.75) is 31.3 Å². The van der Waals surface area contributed by atoms with Crippen LogP contribution in [-0.2, 0) is 16.0 Å². The molecule has 116 valence electrons. The van der Waals surface area contributed by atoms with Crippen molar-refractivity contribution >= 4 is 29.5 Å². The minimum absolute atomic E-state index is 0.339. The first kappa shape index (κ1) is 14.8. The number of nitrogens with one attached hydrogen (secondary N) is 1. The van der Waals surface area contributed by atoms with Crippen LogP contribution in [0.4, 0.5) is 4.79 Å². The Hall–Kier alpha value is -2.08. The van der Waals surface area contributed by atoms with Crippen LogP contribution < -0.4 is 5.32 Å². The van der Waals surface area contributed by atoms with E-state index in [9.17, 15) is 14.4 Å². The fraction of sp³-hybridized carbons (Fsp3) is 0.400. The van der Waals surface area contributed by atoms with Crippen molar-refractivity contribution in [2.24, 2.45) is 5.92 Å². The summed E-state index contributed by atoms with van der Waals surface area (Å²) >= 11 is 6.07. The number of hydrogen-bond donors (Lipinski definition) is 2. The Morgan fingerprint density at radius 3 is 2.73 bits per heavy atom. The molecule has 3 unspecified atom stereocenters. The van der Waals surface area contributed by atoms with Crippen LogP contribution in [0.3, 0.4) is 0 Å². The Bertz CT molecular complexity index is 648. The first-order valence-corrected chi connectivity index (χ1v) is 7.46. The van der Waals surface area contributed by atoms with Crippen LogP contribution in [0.15, 0.2) is 24.3 Å². The van der Waals surface area contributed by atoms with Crippen LogP contribution in [0.2, 0.25) is 5.02 Å². The maximum Gasteiger partial charge on any atom is 0.325 e. The summed E-state index contributed by atoms with van der Waals surface area (Å²) in [5.41, 5.74) is 0.916. The van der Waals surface area contributed by atoms with Gasteiger partial charge in [-0.2, -0.15) is 0 Å². The number of halogens is 1. The monoisotopic (exact) mass is 322 g/mol. The van der Waals surface area contributed by atoms with Gasteiger partial charge in [-0.25, -0.2) is 4.79 Å². The number of carbonyl (C=O) groups excluding carboxylic acids is 2. The van der Waals surface area contributed by atoms with E-state index in [1.165, 1.54) is 0 Å². The smallest absolute Gasteiger partial charge is 0.325 e. The van der Waals surface area contributed by atoms with E-state index in [1.54, 1.807) is 6.07 Å². The highest BCUT2D eigenvalue weighted by Crippen LogP contribution is 2.38. The number of urea groups is 1. The van der Waals surface area contributed by atoms with Crippen LogP contribution in [0.25, 0.3) is 0 Å². The molecule has 0 bridgehead atoms. The minimum Gasteiger partial charge on any atom is -0.481 e. The average molecular weight is 323 g/mol. The second kappa shape index (κ2) is 5.61. The molecule has 1 heterocycles. The maximum atomic E-state index is 12.3. The number of hydrogen-bond acceptors (Lipinski definition) is 3. The lowest BCUT2D eigenvalue weighted by atomic mass is 10.1. The molecule has 6 nitrogen and oxygen atoms in total. The minimum atomic E-state index is -0.967. The zero-order valence-electron chi connectivity index (χ0n) is 11.7. The summed E-state index contributed by atoms with van der Waals surface area (Å²) < 4.78 is 0. The van der Waals surface area contributed by atoms with E-state index >= 15 is 0 Å². The largest absolute Gasteiger partial charge is 0.481 e. The summed E-state index contributed by atoms with van der Waals surface area (Å²) in [5.74, 6) is -1.94. The Kier molecular flexibility index (Phi) is 3.78. The van der Waals surface area contributed by atoms with E-state index in [2.05, 4.69) is 5.32 Å². The molecule has 7 heteroatoms. The molecule has 1 aromatic rings. The SMILES string of the molecule is O=C(O)C1CC1N1C(=O)NC(CCc2ccccc2Cl)C1=O. The van der Waals surface area contributed by atoms with Gasteiger partial charge >= 0.3 is 12.0 Å². The van der Waals surface area contributed by atoms with E-state index in [4.69, 9.17) is 16.7 Å². The number of benzene rings is 1. The first-order valence-electron chi connectivity index (χ1n) is 7.09. The van der Waals surface area contributed by atoms with Gasteiger partial charge in [0.05, 0.1) is 12.0 Å². The molecule has 1 aliphatic heterocycles. The molecule has 3 atom stereocenters. The number of nitrogens with zero attached hydrogens (tertiary/aromatic N) is 1. The summed E-state index contributed by atoms with van der Waals surface area (Å²) in [5, 5.41) is 12.2. The third kappa shape index (κ3) is 2.66. The number of rotatable bonds is 5. The van der Waals surface area contributed by atoms with E-state index in [0.29, 0.717) is 24.3 Å². The molecule has 0 aromatic heterocycles. The van der Waals surface area contributed by atoms with Crippen LogP contribution in [-0.4, -0.2) is 40.0 Å². The Morgan fingerprint density at radius 2 is 2.09 bits per heavy atom. The Balaban J connectivity index is 1.62. The molecule has 0 spiro atoms.